The van der Waals surface area contributed by atoms with E-state index in [9.17, 15) is 9.59 Å². The van der Waals surface area contributed by atoms with E-state index in [-0.39, 0.29) is 17.5 Å². The maximum atomic E-state index is 13.0. The third-order valence-corrected chi connectivity index (χ3v) is 9.23. The van der Waals surface area contributed by atoms with Gasteiger partial charge >= 0.3 is 0 Å². The van der Waals surface area contributed by atoms with Crippen molar-refractivity contribution in [2.45, 2.75) is 50.2 Å². The van der Waals surface area contributed by atoms with Crippen molar-refractivity contribution < 1.29 is 4.79 Å². The lowest BCUT2D eigenvalue weighted by atomic mass is 9.98. The number of fused-ring (bicyclic) bond motifs is 4. The van der Waals surface area contributed by atoms with Crippen molar-refractivity contribution in [3.8, 4) is 0 Å². The Bertz CT molecular complexity index is 1160. The molecule has 1 atom stereocenters. The number of amides is 1. The molecule has 8 heteroatoms. The second-order valence-corrected chi connectivity index (χ2v) is 10.7. The van der Waals surface area contributed by atoms with Crippen molar-refractivity contribution in [2.75, 3.05) is 12.3 Å². The second kappa shape index (κ2) is 7.56. The van der Waals surface area contributed by atoms with Gasteiger partial charge in [0.2, 0.25) is 5.91 Å². The molecular formula is C21H23N3O2S3. The van der Waals surface area contributed by atoms with Crippen LogP contribution in [0.15, 0.2) is 21.4 Å². The van der Waals surface area contributed by atoms with Crippen LogP contribution in [0.25, 0.3) is 10.2 Å². The van der Waals surface area contributed by atoms with Gasteiger partial charge in [-0.25, -0.2) is 4.98 Å². The first-order valence-corrected chi connectivity index (χ1v) is 12.8. The molecule has 0 aromatic carbocycles. The first-order valence-electron chi connectivity index (χ1n) is 10.1. The van der Waals surface area contributed by atoms with Crippen LogP contribution in [0.3, 0.4) is 0 Å². The molecule has 3 aromatic rings. The van der Waals surface area contributed by atoms with Gasteiger partial charge in [0.05, 0.1) is 17.2 Å². The summed E-state index contributed by atoms with van der Waals surface area (Å²) < 4.78 is 1.62. The third-order valence-electron chi connectivity index (χ3n) is 6.03. The smallest absolute Gasteiger partial charge is 0.262 e. The normalized spacial score (nSPS) is 18.3. The lowest BCUT2D eigenvalue weighted by Gasteiger charge is -2.35. The van der Waals surface area contributed by atoms with E-state index < -0.39 is 0 Å². The summed E-state index contributed by atoms with van der Waals surface area (Å²) in [6, 6.07) is 2.33. The Kier molecular flexibility index (Phi) is 5.04. The SMILES string of the molecule is CCC1c2ccsc2CCN1C(=O)CSc1nc2sc3c(c2c(=O)n1C)CCC3. The van der Waals surface area contributed by atoms with Crippen molar-refractivity contribution in [3.05, 3.63) is 42.7 Å². The van der Waals surface area contributed by atoms with E-state index in [1.165, 1.54) is 32.6 Å². The van der Waals surface area contributed by atoms with Crippen LogP contribution < -0.4 is 5.56 Å². The Hall–Kier alpha value is -1.64. The molecule has 29 heavy (non-hydrogen) atoms. The summed E-state index contributed by atoms with van der Waals surface area (Å²) in [5.74, 6) is 0.439. The van der Waals surface area contributed by atoms with E-state index in [2.05, 4.69) is 18.4 Å². The second-order valence-electron chi connectivity index (χ2n) is 7.65. The number of aryl methyl sites for hydroxylation is 2. The number of rotatable bonds is 4. The average molecular weight is 446 g/mol. The molecule has 1 aliphatic heterocycles. The molecule has 0 fully saturated rings. The van der Waals surface area contributed by atoms with Gasteiger partial charge in [-0.15, -0.1) is 22.7 Å². The fourth-order valence-electron chi connectivity index (χ4n) is 4.58. The maximum absolute atomic E-state index is 13.0. The van der Waals surface area contributed by atoms with Crippen LogP contribution in [0, 0.1) is 0 Å². The number of aromatic nitrogens is 2. The Balaban J connectivity index is 1.37. The molecule has 5 rings (SSSR count). The Morgan fingerprint density at radius 3 is 3.00 bits per heavy atom. The van der Waals surface area contributed by atoms with Crippen LogP contribution in [0.2, 0.25) is 0 Å². The molecule has 0 saturated carbocycles. The minimum atomic E-state index is 0.0247. The zero-order valence-electron chi connectivity index (χ0n) is 16.6. The standard InChI is InChI=1S/C21H23N3O2S3/c1-3-14-12-8-10-27-15(12)7-9-24(14)17(25)11-28-21-22-19-18(20(26)23(21)2)13-5-4-6-16(13)29-19/h8,10,14H,3-7,9,11H2,1-2H3. The molecule has 0 radical (unpaired) electrons. The zero-order chi connectivity index (χ0) is 20.1. The number of nitrogens with zero attached hydrogens (tertiary/aromatic N) is 3. The van der Waals surface area contributed by atoms with Gasteiger partial charge in [0.25, 0.3) is 5.56 Å². The highest BCUT2D eigenvalue weighted by Gasteiger charge is 2.30. The van der Waals surface area contributed by atoms with Crippen LogP contribution >= 0.6 is 34.4 Å². The number of hydrogen-bond acceptors (Lipinski definition) is 6. The van der Waals surface area contributed by atoms with Gasteiger partial charge in [-0.2, -0.15) is 0 Å². The molecule has 5 nitrogen and oxygen atoms in total. The van der Waals surface area contributed by atoms with Crippen molar-refractivity contribution in [3.63, 3.8) is 0 Å². The van der Waals surface area contributed by atoms with Gasteiger partial charge in [0.15, 0.2) is 5.16 Å². The first-order chi connectivity index (χ1) is 14.1. The molecule has 1 unspecified atom stereocenters. The summed E-state index contributed by atoms with van der Waals surface area (Å²) in [5, 5.41) is 3.56. The summed E-state index contributed by atoms with van der Waals surface area (Å²) in [6.45, 7) is 2.91. The number of carbonyl (C=O) groups is 1. The van der Waals surface area contributed by atoms with Gasteiger partial charge in [-0.1, -0.05) is 18.7 Å². The molecule has 0 saturated heterocycles. The highest BCUT2D eigenvalue weighted by atomic mass is 32.2. The minimum absolute atomic E-state index is 0.0247. The number of thioether (sulfide) groups is 1. The molecule has 0 bridgehead atoms. The molecule has 4 heterocycles. The monoisotopic (exact) mass is 445 g/mol. The third kappa shape index (κ3) is 3.16. The van der Waals surface area contributed by atoms with E-state index in [0.717, 1.165) is 48.9 Å². The van der Waals surface area contributed by atoms with E-state index in [1.807, 2.05) is 4.90 Å². The Morgan fingerprint density at radius 1 is 1.31 bits per heavy atom. The topological polar surface area (TPSA) is 55.2 Å². The van der Waals surface area contributed by atoms with Gasteiger partial charge in [0, 0.05) is 23.3 Å². The highest BCUT2D eigenvalue weighted by molar-refractivity contribution is 7.99. The van der Waals surface area contributed by atoms with E-state index in [0.29, 0.717) is 10.9 Å². The predicted molar refractivity (Wildman–Crippen MR) is 120 cm³/mol. The van der Waals surface area contributed by atoms with Gasteiger partial charge in [-0.05, 0) is 54.7 Å². The number of hydrogen-bond donors (Lipinski definition) is 0. The highest BCUT2D eigenvalue weighted by Crippen LogP contribution is 2.37. The quantitative estimate of drug-likeness (QED) is 0.447. The summed E-state index contributed by atoms with van der Waals surface area (Å²) in [5.41, 5.74) is 2.54. The van der Waals surface area contributed by atoms with Crippen LogP contribution in [0.1, 0.15) is 46.7 Å². The molecule has 3 aromatic heterocycles. The van der Waals surface area contributed by atoms with E-state index in [4.69, 9.17) is 4.98 Å². The van der Waals surface area contributed by atoms with E-state index in [1.54, 1.807) is 34.3 Å². The van der Waals surface area contributed by atoms with Crippen LogP contribution in [-0.4, -0.2) is 32.7 Å². The molecule has 2 aliphatic rings. The molecule has 0 spiro atoms. The molecule has 152 valence electrons. The maximum Gasteiger partial charge on any atom is 0.262 e. The first kappa shape index (κ1) is 19.3. The van der Waals surface area contributed by atoms with E-state index >= 15 is 0 Å². The lowest BCUT2D eigenvalue weighted by molar-refractivity contribution is -0.131. The largest absolute Gasteiger partial charge is 0.335 e. The summed E-state index contributed by atoms with van der Waals surface area (Å²) in [4.78, 5) is 36.3. The zero-order valence-corrected chi connectivity index (χ0v) is 19.0. The van der Waals surface area contributed by atoms with Gasteiger partial charge < -0.3 is 4.90 Å². The fraction of sp³-hybridized carbons (Fsp3) is 0.476. The van der Waals surface area contributed by atoms with Crippen molar-refractivity contribution in [2.24, 2.45) is 7.05 Å². The number of thiophene rings is 2. The van der Waals surface area contributed by atoms with Gasteiger partial charge in [-0.3, -0.25) is 14.2 Å². The molecule has 1 aliphatic carbocycles. The van der Waals surface area contributed by atoms with Crippen LogP contribution in [-0.2, 0) is 31.1 Å². The molecule has 1 amide bonds. The average Bonchev–Trinajstić information content (AvgIpc) is 3.43. The number of carbonyl (C=O) groups excluding carboxylic acids is 1. The van der Waals surface area contributed by atoms with Crippen molar-refractivity contribution in [1.82, 2.24) is 14.5 Å². The minimum Gasteiger partial charge on any atom is -0.335 e. The van der Waals surface area contributed by atoms with Crippen LogP contribution in [0.4, 0.5) is 0 Å². The van der Waals surface area contributed by atoms with Crippen LogP contribution in [0.5, 0.6) is 0 Å². The lowest BCUT2D eigenvalue weighted by Crippen LogP contribution is -2.40. The Labute approximate surface area is 181 Å². The van der Waals surface area contributed by atoms with Gasteiger partial charge in [0.1, 0.15) is 4.83 Å². The fourth-order valence-corrected chi connectivity index (χ4v) is 7.67. The Morgan fingerprint density at radius 2 is 2.17 bits per heavy atom. The predicted octanol–water partition coefficient (Wildman–Crippen LogP) is 4.17. The summed E-state index contributed by atoms with van der Waals surface area (Å²) in [6.07, 6.45) is 5.02. The van der Waals surface area contributed by atoms with Crippen molar-refractivity contribution in [1.29, 1.82) is 0 Å². The molecule has 0 N–H and O–H groups in total. The van der Waals surface area contributed by atoms with Crippen molar-refractivity contribution >= 4 is 50.6 Å². The summed E-state index contributed by atoms with van der Waals surface area (Å²) in [7, 11) is 1.77. The molecular weight excluding hydrogens is 422 g/mol. The summed E-state index contributed by atoms with van der Waals surface area (Å²) >= 11 is 4.83.